The minimum absolute atomic E-state index is 0.117. The molecular formula is C19H24N2O4. The van der Waals surface area contributed by atoms with E-state index in [0.717, 1.165) is 10.9 Å². The van der Waals surface area contributed by atoms with Crippen LogP contribution in [0.3, 0.4) is 0 Å². The Morgan fingerprint density at radius 1 is 1.32 bits per heavy atom. The molecule has 0 bridgehead atoms. The molecule has 0 saturated heterocycles. The van der Waals surface area contributed by atoms with E-state index in [1.54, 1.807) is 6.20 Å². The number of nitrogens with two attached hydrogens (primary N) is 1. The summed E-state index contributed by atoms with van der Waals surface area (Å²) in [5, 5.41) is 0.848. The Labute approximate surface area is 147 Å². The van der Waals surface area contributed by atoms with Crippen molar-refractivity contribution in [2.45, 2.75) is 38.8 Å². The van der Waals surface area contributed by atoms with Crippen LogP contribution in [0.5, 0.6) is 0 Å². The predicted molar refractivity (Wildman–Crippen MR) is 96.4 cm³/mol. The highest BCUT2D eigenvalue weighted by atomic mass is 16.6. The van der Waals surface area contributed by atoms with Gasteiger partial charge in [-0.1, -0.05) is 30.9 Å². The number of ether oxygens (including phenoxy) is 2. The van der Waals surface area contributed by atoms with Crippen LogP contribution in [0.1, 0.15) is 26.3 Å². The van der Waals surface area contributed by atoms with Gasteiger partial charge in [-0.15, -0.1) is 0 Å². The number of hydrogen-bond donors (Lipinski definition) is 1. The molecule has 0 saturated carbocycles. The first-order chi connectivity index (χ1) is 11.7. The van der Waals surface area contributed by atoms with Crippen molar-refractivity contribution in [2.24, 2.45) is 5.73 Å². The van der Waals surface area contributed by atoms with E-state index in [1.807, 2.05) is 45.0 Å². The van der Waals surface area contributed by atoms with Crippen molar-refractivity contribution in [3.05, 3.63) is 48.7 Å². The molecular weight excluding hydrogens is 320 g/mol. The van der Waals surface area contributed by atoms with Crippen molar-refractivity contribution in [3.63, 3.8) is 0 Å². The van der Waals surface area contributed by atoms with Gasteiger partial charge in [0.15, 0.2) is 0 Å². The molecule has 1 heterocycles. The maximum atomic E-state index is 12.5. The molecule has 0 spiro atoms. The van der Waals surface area contributed by atoms with Crippen LogP contribution in [0, 0.1) is 0 Å². The third-order valence-electron chi connectivity index (χ3n) is 3.47. The van der Waals surface area contributed by atoms with Gasteiger partial charge in [0.05, 0.1) is 5.52 Å². The van der Waals surface area contributed by atoms with Gasteiger partial charge >= 0.3 is 12.1 Å². The Morgan fingerprint density at radius 2 is 2.00 bits per heavy atom. The van der Waals surface area contributed by atoms with Gasteiger partial charge in [-0.05, 0) is 32.4 Å². The van der Waals surface area contributed by atoms with Crippen molar-refractivity contribution in [1.29, 1.82) is 0 Å². The summed E-state index contributed by atoms with van der Waals surface area (Å²) in [5.74, 6) is -0.506. The van der Waals surface area contributed by atoms with E-state index in [0.29, 0.717) is 5.52 Å². The summed E-state index contributed by atoms with van der Waals surface area (Å²) in [4.78, 5) is 24.3. The molecule has 1 aromatic carbocycles. The molecule has 25 heavy (non-hydrogen) atoms. The normalized spacial score (nSPS) is 12.6. The average Bonchev–Trinajstić information content (AvgIpc) is 2.90. The number of rotatable bonds is 5. The first kappa shape index (κ1) is 18.7. The largest absolute Gasteiger partial charge is 0.460 e. The van der Waals surface area contributed by atoms with Crippen LogP contribution < -0.4 is 5.73 Å². The maximum absolute atomic E-state index is 12.5. The summed E-state index contributed by atoms with van der Waals surface area (Å²) in [6, 6.07) is 6.59. The standard InChI is InChI=1S/C19H24N2O4/c1-5-10-24-17(22)15(20)11-13-12-21(18(23)25-19(2,3)4)16-9-7-6-8-14(13)16/h5-9,12,15H,1,10-11,20H2,2-4H3. The Bertz CT molecular complexity index is 786. The fourth-order valence-electron chi connectivity index (χ4n) is 2.44. The lowest BCUT2D eigenvalue weighted by atomic mass is 10.1. The summed E-state index contributed by atoms with van der Waals surface area (Å²) in [6.07, 6.45) is 2.93. The Balaban J connectivity index is 2.31. The highest BCUT2D eigenvalue weighted by molar-refractivity contribution is 5.92. The number of carbonyl (C=O) groups is 2. The van der Waals surface area contributed by atoms with E-state index in [4.69, 9.17) is 15.2 Å². The summed E-state index contributed by atoms with van der Waals surface area (Å²) < 4.78 is 11.9. The molecule has 2 N–H and O–H groups in total. The Hall–Kier alpha value is -2.60. The number of para-hydroxylation sites is 1. The van der Waals surface area contributed by atoms with Crippen molar-refractivity contribution in [3.8, 4) is 0 Å². The van der Waals surface area contributed by atoms with Gasteiger partial charge in [-0.2, -0.15) is 0 Å². The van der Waals surface area contributed by atoms with Crippen LogP contribution in [0.2, 0.25) is 0 Å². The van der Waals surface area contributed by atoms with Crippen LogP contribution in [0.15, 0.2) is 43.1 Å². The number of fused-ring (bicyclic) bond motifs is 1. The molecule has 0 radical (unpaired) electrons. The zero-order valence-electron chi connectivity index (χ0n) is 14.8. The molecule has 2 rings (SSSR count). The van der Waals surface area contributed by atoms with Crippen LogP contribution in [-0.2, 0) is 20.7 Å². The average molecular weight is 344 g/mol. The van der Waals surface area contributed by atoms with Crippen LogP contribution in [0.4, 0.5) is 4.79 Å². The zero-order valence-corrected chi connectivity index (χ0v) is 14.8. The molecule has 0 aliphatic carbocycles. The van der Waals surface area contributed by atoms with Gasteiger partial charge in [0, 0.05) is 18.0 Å². The Morgan fingerprint density at radius 3 is 2.64 bits per heavy atom. The number of aromatic nitrogens is 1. The third kappa shape index (κ3) is 4.70. The highest BCUT2D eigenvalue weighted by Gasteiger charge is 2.23. The van der Waals surface area contributed by atoms with E-state index in [-0.39, 0.29) is 13.0 Å². The van der Waals surface area contributed by atoms with Crippen molar-refractivity contribution in [1.82, 2.24) is 4.57 Å². The van der Waals surface area contributed by atoms with Gasteiger partial charge in [0.25, 0.3) is 0 Å². The topological polar surface area (TPSA) is 83.5 Å². The van der Waals surface area contributed by atoms with Crippen LogP contribution in [0.25, 0.3) is 10.9 Å². The second kappa shape index (κ2) is 7.53. The molecule has 1 aromatic heterocycles. The van der Waals surface area contributed by atoms with Gasteiger partial charge in [-0.25, -0.2) is 4.79 Å². The molecule has 0 fully saturated rings. The third-order valence-corrected chi connectivity index (χ3v) is 3.47. The molecule has 6 nitrogen and oxygen atoms in total. The summed E-state index contributed by atoms with van der Waals surface area (Å²) >= 11 is 0. The van der Waals surface area contributed by atoms with Gasteiger partial charge in [0.1, 0.15) is 18.2 Å². The number of esters is 1. The number of nitrogens with zero attached hydrogens (tertiary/aromatic N) is 1. The van der Waals surface area contributed by atoms with Crippen molar-refractivity contribution in [2.75, 3.05) is 6.61 Å². The molecule has 0 aliphatic rings. The first-order valence-electron chi connectivity index (χ1n) is 8.08. The van der Waals surface area contributed by atoms with Crippen molar-refractivity contribution < 1.29 is 19.1 Å². The fraction of sp³-hybridized carbons (Fsp3) is 0.368. The zero-order chi connectivity index (χ0) is 18.6. The summed E-state index contributed by atoms with van der Waals surface area (Å²) in [5.41, 5.74) is 6.82. The molecule has 1 atom stereocenters. The summed E-state index contributed by atoms with van der Waals surface area (Å²) in [6.45, 7) is 9.04. The number of carbonyl (C=O) groups excluding carboxylic acids is 2. The van der Waals surface area contributed by atoms with Crippen molar-refractivity contribution >= 4 is 23.0 Å². The molecule has 0 amide bonds. The Kier molecular flexibility index (Phi) is 5.64. The monoisotopic (exact) mass is 344 g/mol. The minimum atomic E-state index is -0.821. The maximum Gasteiger partial charge on any atom is 0.419 e. The highest BCUT2D eigenvalue weighted by Crippen LogP contribution is 2.24. The number of benzene rings is 1. The first-order valence-corrected chi connectivity index (χ1v) is 8.08. The molecule has 134 valence electrons. The quantitative estimate of drug-likeness (QED) is 0.666. The van der Waals surface area contributed by atoms with E-state index in [9.17, 15) is 9.59 Å². The number of hydrogen-bond acceptors (Lipinski definition) is 5. The molecule has 6 heteroatoms. The molecule has 2 aromatic rings. The van der Waals surface area contributed by atoms with E-state index in [2.05, 4.69) is 6.58 Å². The smallest absolute Gasteiger partial charge is 0.419 e. The van der Waals surface area contributed by atoms with Gasteiger partial charge in [0.2, 0.25) is 0 Å². The van der Waals surface area contributed by atoms with Gasteiger partial charge < -0.3 is 15.2 Å². The van der Waals surface area contributed by atoms with E-state index >= 15 is 0 Å². The molecule has 0 aliphatic heterocycles. The van der Waals surface area contributed by atoms with E-state index in [1.165, 1.54) is 10.6 Å². The minimum Gasteiger partial charge on any atom is -0.460 e. The van der Waals surface area contributed by atoms with Crippen LogP contribution >= 0.6 is 0 Å². The predicted octanol–water partition coefficient (Wildman–Crippen LogP) is 3.02. The summed E-state index contributed by atoms with van der Waals surface area (Å²) in [7, 11) is 0. The molecule has 1 unspecified atom stereocenters. The van der Waals surface area contributed by atoms with Gasteiger partial charge in [-0.3, -0.25) is 9.36 Å². The SMILES string of the molecule is C=CCOC(=O)C(N)Cc1cn(C(=O)OC(C)(C)C)c2ccccc12. The lowest BCUT2D eigenvalue weighted by molar-refractivity contribution is -0.143. The second-order valence-electron chi connectivity index (χ2n) is 6.75. The lowest BCUT2D eigenvalue weighted by Crippen LogP contribution is -2.34. The lowest BCUT2D eigenvalue weighted by Gasteiger charge is -2.19. The van der Waals surface area contributed by atoms with E-state index < -0.39 is 23.7 Å². The fourth-order valence-corrected chi connectivity index (χ4v) is 2.44. The van der Waals surface area contributed by atoms with Crippen LogP contribution in [-0.4, -0.2) is 34.9 Å². The second-order valence-corrected chi connectivity index (χ2v) is 6.75.